The van der Waals surface area contributed by atoms with Crippen molar-refractivity contribution in [3.63, 3.8) is 0 Å². The molecule has 0 atom stereocenters. The van der Waals surface area contributed by atoms with Gasteiger partial charge in [0.1, 0.15) is 11.6 Å². The molecule has 6 nitrogen and oxygen atoms in total. The van der Waals surface area contributed by atoms with E-state index in [1.165, 1.54) is 0 Å². The van der Waals surface area contributed by atoms with Gasteiger partial charge in [-0.15, -0.1) is 0 Å². The van der Waals surface area contributed by atoms with Crippen LogP contribution in [0.15, 0.2) is 36.5 Å². The van der Waals surface area contributed by atoms with Gasteiger partial charge in [0.25, 0.3) is 5.91 Å². The quantitative estimate of drug-likeness (QED) is 0.836. The molecule has 6 heteroatoms. The molecular formula is C23H28N4O2. The highest BCUT2D eigenvalue weighted by atomic mass is 16.2. The molecule has 1 fully saturated rings. The van der Waals surface area contributed by atoms with Gasteiger partial charge in [0.2, 0.25) is 0 Å². The maximum Gasteiger partial charge on any atom is 0.260 e. The number of rotatable bonds is 4. The maximum absolute atomic E-state index is 12.9. The Bertz CT molecular complexity index is 934. The van der Waals surface area contributed by atoms with Crippen molar-refractivity contribution in [2.24, 2.45) is 5.92 Å². The molecule has 4 rings (SSSR count). The number of carbonyl (C=O) groups is 2. The molecule has 1 aromatic carbocycles. The molecule has 0 radical (unpaired) electrons. The van der Waals surface area contributed by atoms with Gasteiger partial charge in [-0.2, -0.15) is 0 Å². The second-order valence-corrected chi connectivity index (χ2v) is 8.27. The smallest absolute Gasteiger partial charge is 0.260 e. The molecule has 0 saturated heterocycles. The summed E-state index contributed by atoms with van der Waals surface area (Å²) in [6.45, 7) is 1.68. The van der Waals surface area contributed by atoms with E-state index in [9.17, 15) is 9.59 Å². The Morgan fingerprint density at radius 3 is 2.52 bits per heavy atom. The van der Waals surface area contributed by atoms with E-state index in [2.05, 4.69) is 15.2 Å². The highest BCUT2D eigenvalue weighted by Crippen LogP contribution is 2.40. The summed E-state index contributed by atoms with van der Waals surface area (Å²) in [6.07, 6.45) is 6.73. The third kappa shape index (κ3) is 3.84. The summed E-state index contributed by atoms with van der Waals surface area (Å²) >= 11 is 0. The number of aromatic nitrogens is 1. The lowest BCUT2D eigenvalue weighted by atomic mass is 9.83. The number of pyridine rings is 1. The molecule has 2 aliphatic rings. The van der Waals surface area contributed by atoms with Crippen molar-refractivity contribution in [3.05, 3.63) is 42.1 Å². The summed E-state index contributed by atoms with van der Waals surface area (Å²) in [7, 11) is 3.78. The summed E-state index contributed by atoms with van der Waals surface area (Å²) in [4.78, 5) is 32.6. The molecule has 1 N–H and O–H groups in total. The molecule has 1 saturated carbocycles. The third-order valence-corrected chi connectivity index (χ3v) is 6.16. The lowest BCUT2D eigenvalue weighted by Gasteiger charge is -2.29. The Morgan fingerprint density at radius 2 is 1.79 bits per heavy atom. The van der Waals surface area contributed by atoms with Crippen LogP contribution in [0.2, 0.25) is 0 Å². The van der Waals surface area contributed by atoms with E-state index in [1.54, 1.807) is 25.1 Å². The van der Waals surface area contributed by atoms with Gasteiger partial charge in [0.15, 0.2) is 0 Å². The third-order valence-electron chi connectivity index (χ3n) is 6.16. The normalized spacial score (nSPS) is 21.3. The molecule has 0 unspecified atom stereocenters. The zero-order chi connectivity index (χ0) is 20.5. The Labute approximate surface area is 171 Å². The Balaban J connectivity index is 1.55. The minimum absolute atomic E-state index is 0.0301. The fourth-order valence-electron chi connectivity index (χ4n) is 4.54. The van der Waals surface area contributed by atoms with Crippen LogP contribution in [-0.4, -0.2) is 36.8 Å². The van der Waals surface area contributed by atoms with Crippen LogP contribution in [0.3, 0.4) is 0 Å². The summed E-state index contributed by atoms with van der Waals surface area (Å²) in [6, 6.07) is 10.1. The number of ketones is 1. The zero-order valence-electron chi connectivity index (χ0n) is 17.3. The topological polar surface area (TPSA) is 65.5 Å². The van der Waals surface area contributed by atoms with Gasteiger partial charge >= 0.3 is 0 Å². The average molecular weight is 393 g/mol. The molecular weight excluding hydrogens is 364 g/mol. The number of benzene rings is 1. The monoisotopic (exact) mass is 392 g/mol. The molecule has 2 heterocycles. The van der Waals surface area contributed by atoms with Gasteiger partial charge in [0.05, 0.1) is 28.8 Å². The van der Waals surface area contributed by atoms with E-state index < -0.39 is 0 Å². The number of fused-ring (bicyclic) bond motifs is 2. The summed E-state index contributed by atoms with van der Waals surface area (Å²) in [5.41, 5.74) is 3.33. The fourth-order valence-corrected chi connectivity index (χ4v) is 4.54. The van der Waals surface area contributed by atoms with E-state index in [-0.39, 0.29) is 11.7 Å². The Morgan fingerprint density at radius 1 is 1.07 bits per heavy atom. The molecule has 0 spiro atoms. The lowest BCUT2D eigenvalue weighted by Crippen LogP contribution is -2.28. The number of carbonyl (C=O) groups excluding carboxylic acids is 2. The van der Waals surface area contributed by atoms with Gasteiger partial charge in [0, 0.05) is 32.6 Å². The first kappa shape index (κ1) is 19.4. The van der Waals surface area contributed by atoms with Crippen LogP contribution < -0.4 is 15.1 Å². The van der Waals surface area contributed by atoms with E-state index in [0.29, 0.717) is 23.9 Å². The Hall–Kier alpha value is -2.89. The molecule has 152 valence electrons. The molecule has 29 heavy (non-hydrogen) atoms. The van der Waals surface area contributed by atoms with Gasteiger partial charge in [-0.25, -0.2) is 4.98 Å². The van der Waals surface area contributed by atoms with Crippen LogP contribution in [-0.2, 0) is 4.79 Å². The number of nitrogens with zero attached hydrogens (tertiary/aromatic N) is 3. The minimum atomic E-state index is -0.0301. The van der Waals surface area contributed by atoms with Crippen molar-refractivity contribution in [3.8, 4) is 0 Å². The first-order valence-electron chi connectivity index (χ1n) is 10.3. The predicted octanol–water partition coefficient (Wildman–Crippen LogP) is 4.39. The maximum atomic E-state index is 12.9. The van der Waals surface area contributed by atoms with E-state index in [0.717, 1.165) is 48.6 Å². The van der Waals surface area contributed by atoms with Crippen molar-refractivity contribution in [1.82, 2.24) is 4.98 Å². The van der Waals surface area contributed by atoms with Crippen molar-refractivity contribution < 1.29 is 9.59 Å². The van der Waals surface area contributed by atoms with Crippen molar-refractivity contribution in [1.29, 1.82) is 0 Å². The molecule has 0 bridgehead atoms. The number of anilines is 4. The van der Waals surface area contributed by atoms with Crippen LogP contribution in [0.1, 0.15) is 49.4 Å². The number of para-hydroxylation sites is 1. The average Bonchev–Trinajstić information content (AvgIpc) is 2.79. The van der Waals surface area contributed by atoms with E-state index >= 15 is 0 Å². The molecule has 1 aliphatic carbocycles. The summed E-state index contributed by atoms with van der Waals surface area (Å²) in [5, 5.41) is 3.57. The van der Waals surface area contributed by atoms with Crippen molar-refractivity contribution in [2.75, 3.05) is 29.2 Å². The number of Topliss-reactive ketones (excluding diaryl/α,β-unsaturated/α-hetero) is 1. The summed E-state index contributed by atoms with van der Waals surface area (Å²) in [5.74, 6) is 1.60. The molecule has 1 aromatic heterocycles. The van der Waals surface area contributed by atoms with Crippen LogP contribution in [0.25, 0.3) is 0 Å². The van der Waals surface area contributed by atoms with Gasteiger partial charge in [-0.3, -0.25) is 4.79 Å². The van der Waals surface area contributed by atoms with Crippen LogP contribution in [0.4, 0.5) is 22.9 Å². The highest BCUT2D eigenvalue weighted by Gasteiger charge is 2.28. The van der Waals surface area contributed by atoms with Crippen molar-refractivity contribution in [2.45, 2.75) is 45.1 Å². The number of hydrogen-bond acceptors (Lipinski definition) is 5. The second-order valence-electron chi connectivity index (χ2n) is 8.27. The molecule has 1 amide bonds. The molecule has 2 aromatic rings. The highest BCUT2D eigenvalue weighted by molar-refractivity contribution is 6.13. The first-order chi connectivity index (χ1) is 13.9. The van der Waals surface area contributed by atoms with Gasteiger partial charge in [-0.1, -0.05) is 12.1 Å². The predicted molar refractivity (Wildman–Crippen MR) is 116 cm³/mol. The minimum Gasteiger partial charge on any atom is -0.367 e. The fraction of sp³-hybridized carbons (Fsp3) is 0.435. The van der Waals surface area contributed by atoms with Crippen molar-refractivity contribution >= 4 is 34.6 Å². The standard InChI is InChI=1S/C23H28N4O2/c1-15(28)12-16-8-10-17(11-9-16)25-22-13-20-21(14-24-22)27(3)23(29)18-6-4-5-7-19(18)26(20)2/h4-7,13-14,16-17H,8-12H2,1-3H3,(H,24,25). The zero-order valence-corrected chi connectivity index (χ0v) is 17.3. The lowest BCUT2D eigenvalue weighted by molar-refractivity contribution is -0.118. The van der Waals surface area contributed by atoms with Gasteiger partial charge < -0.3 is 19.9 Å². The molecule has 1 aliphatic heterocycles. The van der Waals surface area contributed by atoms with Crippen LogP contribution in [0.5, 0.6) is 0 Å². The van der Waals surface area contributed by atoms with Crippen LogP contribution in [0, 0.1) is 5.92 Å². The second kappa shape index (κ2) is 7.85. The van der Waals surface area contributed by atoms with Gasteiger partial charge in [-0.05, 0) is 50.7 Å². The summed E-state index contributed by atoms with van der Waals surface area (Å²) < 4.78 is 0. The first-order valence-corrected chi connectivity index (χ1v) is 10.3. The van der Waals surface area contributed by atoms with Crippen LogP contribution >= 0.6 is 0 Å². The number of hydrogen-bond donors (Lipinski definition) is 1. The SMILES string of the molecule is CC(=O)CC1CCC(Nc2cc3c(cn2)N(C)C(=O)c2ccccc2N3C)CC1. The number of amides is 1. The largest absolute Gasteiger partial charge is 0.367 e. The van der Waals surface area contributed by atoms with E-state index in [4.69, 9.17) is 0 Å². The Kier molecular flexibility index (Phi) is 5.26. The number of nitrogens with one attached hydrogen (secondary N) is 1. The van der Waals surface area contributed by atoms with E-state index in [1.807, 2.05) is 37.4 Å².